The molecular weight excluding hydrogens is 1070 g/mol. The Kier molecular flexibility index (Phi) is 53.6. The molecule has 1 amide bonds. The summed E-state index contributed by atoms with van der Waals surface area (Å²) in [7, 11) is 0. The third-order valence-corrected chi connectivity index (χ3v) is 18.6. The van der Waals surface area contributed by atoms with Crippen molar-refractivity contribution in [3.8, 4) is 0 Å². The van der Waals surface area contributed by atoms with Crippen molar-refractivity contribution in [2.75, 3.05) is 19.8 Å². The molecule has 85 heavy (non-hydrogen) atoms. The Morgan fingerprint density at radius 3 is 1.00 bits per heavy atom. The molecule has 2 aliphatic heterocycles. The van der Waals surface area contributed by atoms with Crippen molar-refractivity contribution < 1.29 is 64.6 Å². The number of carbonyl (C=O) groups is 1. The van der Waals surface area contributed by atoms with Crippen molar-refractivity contribution in [2.24, 2.45) is 0 Å². The van der Waals surface area contributed by atoms with Crippen molar-refractivity contribution in [3.05, 3.63) is 0 Å². The summed E-state index contributed by atoms with van der Waals surface area (Å²) in [5.41, 5.74) is 0. The van der Waals surface area contributed by atoms with E-state index in [9.17, 15) is 45.6 Å². The Morgan fingerprint density at radius 2 is 0.671 bits per heavy atom. The smallest absolute Gasteiger partial charge is 0.220 e. The molecule has 12 unspecified atom stereocenters. The molecule has 9 N–H and O–H groups in total. The molecule has 2 fully saturated rings. The summed E-state index contributed by atoms with van der Waals surface area (Å²) in [5.74, 6) is -0.196. The summed E-state index contributed by atoms with van der Waals surface area (Å²) >= 11 is 0. The predicted octanol–water partition coefficient (Wildman–Crippen LogP) is 15.2. The fourth-order valence-corrected chi connectivity index (χ4v) is 12.7. The number of hydrogen-bond donors (Lipinski definition) is 9. The van der Waals surface area contributed by atoms with Gasteiger partial charge in [-0.15, -0.1) is 0 Å². The third-order valence-electron chi connectivity index (χ3n) is 18.6. The van der Waals surface area contributed by atoms with Gasteiger partial charge in [-0.05, 0) is 12.8 Å². The summed E-state index contributed by atoms with van der Waals surface area (Å²) in [6.45, 7) is 2.93. The van der Waals surface area contributed by atoms with Gasteiger partial charge in [-0.3, -0.25) is 4.79 Å². The van der Waals surface area contributed by atoms with Crippen molar-refractivity contribution in [1.82, 2.24) is 5.32 Å². The van der Waals surface area contributed by atoms with Crippen molar-refractivity contribution in [3.63, 3.8) is 0 Å². The van der Waals surface area contributed by atoms with Crippen LogP contribution in [0.4, 0.5) is 0 Å². The summed E-state index contributed by atoms with van der Waals surface area (Å²) < 4.78 is 22.9. The van der Waals surface area contributed by atoms with Crippen LogP contribution in [0.3, 0.4) is 0 Å². The lowest BCUT2D eigenvalue weighted by Crippen LogP contribution is -2.65. The SMILES string of the molecule is CCCCCCCCCCCCCCCCCCCCCCCCCCCCCCCCC(=O)NC(COC1OC(CO)C(OC2OC(CO)C(O)C(O)C2O)C(O)C1O)C(O)CCCCCCCCCCCCCCCCCCCCCCC. The number of carbonyl (C=O) groups excluding carboxylic acids is 1. The second-order valence-electron chi connectivity index (χ2n) is 26.4. The number of unbranched alkanes of at least 4 members (excludes halogenated alkanes) is 49. The second-order valence-corrected chi connectivity index (χ2v) is 26.4. The number of hydrogen-bond acceptors (Lipinski definition) is 13. The summed E-state index contributed by atoms with van der Waals surface area (Å²) in [6.07, 6.45) is 51.3. The number of aliphatic hydroxyl groups excluding tert-OH is 8. The first-order chi connectivity index (χ1) is 41.6. The molecule has 0 bridgehead atoms. The monoisotopic (exact) mass is 1210 g/mol. The Morgan fingerprint density at radius 1 is 0.376 bits per heavy atom. The molecule has 0 radical (unpaired) electrons. The highest BCUT2D eigenvalue weighted by Gasteiger charge is 2.51. The average Bonchev–Trinajstić information content (AvgIpc) is 3.69. The van der Waals surface area contributed by atoms with Crippen LogP contribution in [0.2, 0.25) is 0 Å². The molecular formula is C71H139NO13. The lowest BCUT2D eigenvalue weighted by molar-refractivity contribution is -0.359. The van der Waals surface area contributed by atoms with Crippen LogP contribution in [0.5, 0.6) is 0 Å². The molecule has 0 aromatic heterocycles. The van der Waals surface area contributed by atoms with Crippen LogP contribution in [0.15, 0.2) is 0 Å². The Bertz CT molecular complexity index is 1430. The van der Waals surface area contributed by atoms with Gasteiger partial charge in [-0.1, -0.05) is 335 Å². The lowest BCUT2D eigenvalue weighted by Gasteiger charge is -2.46. The third kappa shape index (κ3) is 41.2. The van der Waals surface area contributed by atoms with Gasteiger partial charge in [0.15, 0.2) is 12.6 Å². The summed E-state index contributed by atoms with van der Waals surface area (Å²) in [6, 6.07) is -0.824. The van der Waals surface area contributed by atoms with E-state index in [4.69, 9.17) is 18.9 Å². The van der Waals surface area contributed by atoms with Gasteiger partial charge in [0.2, 0.25) is 5.91 Å². The molecule has 0 aromatic rings. The van der Waals surface area contributed by atoms with E-state index in [2.05, 4.69) is 19.2 Å². The molecule has 0 saturated carbocycles. The van der Waals surface area contributed by atoms with E-state index >= 15 is 0 Å². The van der Waals surface area contributed by atoms with E-state index in [0.717, 1.165) is 51.4 Å². The zero-order chi connectivity index (χ0) is 61.6. The number of ether oxygens (including phenoxy) is 4. The number of rotatable bonds is 62. The lowest BCUT2D eigenvalue weighted by atomic mass is 9.97. The van der Waals surface area contributed by atoms with Crippen molar-refractivity contribution in [2.45, 2.75) is 428 Å². The van der Waals surface area contributed by atoms with Crippen LogP contribution in [-0.2, 0) is 23.7 Å². The minimum absolute atomic E-state index is 0.196. The van der Waals surface area contributed by atoms with Crippen molar-refractivity contribution in [1.29, 1.82) is 0 Å². The Balaban J connectivity index is 1.63. The van der Waals surface area contributed by atoms with E-state index in [-0.39, 0.29) is 12.5 Å². The zero-order valence-corrected chi connectivity index (χ0v) is 55.1. The molecule has 0 aromatic carbocycles. The summed E-state index contributed by atoms with van der Waals surface area (Å²) in [4.78, 5) is 13.4. The Labute approximate surface area is 521 Å². The molecule has 2 rings (SSSR count). The molecule has 14 nitrogen and oxygen atoms in total. The number of nitrogens with one attached hydrogen (secondary N) is 1. The van der Waals surface area contributed by atoms with E-state index in [1.54, 1.807) is 0 Å². The van der Waals surface area contributed by atoms with Crippen LogP contribution in [0, 0.1) is 0 Å². The first-order valence-corrected chi connectivity index (χ1v) is 36.8. The van der Waals surface area contributed by atoms with Gasteiger partial charge in [0.05, 0.1) is 32.0 Å². The predicted molar refractivity (Wildman–Crippen MR) is 346 cm³/mol. The van der Waals surface area contributed by atoms with E-state index in [0.29, 0.717) is 12.8 Å². The molecule has 0 aliphatic carbocycles. The summed E-state index contributed by atoms with van der Waals surface area (Å²) in [5, 5.41) is 87.7. The van der Waals surface area contributed by atoms with E-state index in [1.807, 2.05) is 0 Å². The standard InChI is InChI=1S/C71H139NO13/c1-3-5-7-9-11-13-15-17-19-21-23-25-26-27-28-29-30-31-32-33-35-37-39-41-43-45-47-49-51-53-55-63(76)72-59(60(75)54-52-50-48-46-44-42-40-38-36-34-24-22-20-18-16-14-12-10-8-6-4-2)58-82-70-68(81)66(79)69(62(57-74)84-70)85-71-67(80)65(78)64(77)61(56-73)83-71/h59-62,64-71,73-75,77-81H,3-58H2,1-2H3,(H,72,76). The normalized spacial score (nSPS) is 23.4. The maximum Gasteiger partial charge on any atom is 0.220 e. The molecule has 506 valence electrons. The maximum absolute atomic E-state index is 13.4. The first kappa shape index (κ1) is 80.1. The van der Waals surface area contributed by atoms with Gasteiger partial charge in [0.1, 0.15) is 48.8 Å². The second kappa shape index (κ2) is 56.9. The van der Waals surface area contributed by atoms with Crippen LogP contribution in [0.1, 0.15) is 354 Å². The molecule has 2 saturated heterocycles. The fourth-order valence-electron chi connectivity index (χ4n) is 12.7. The van der Waals surface area contributed by atoms with Gasteiger partial charge in [-0.2, -0.15) is 0 Å². The molecule has 2 aliphatic rings. The minimum atomic E-state index is -1.78. The van der Waals surface area contributed by atoms with Crippen LogP contribution < -0.4 is 5.32 Å². The number of amides is 1. The van der Waals surface area contributed by atoms with E-state index in [1.165, 1.54) is 276 Å². The van der Waals surface area contributed by atoms with Crippen LogP contribution in [-0.4, -0.2) is 140 Å². The van der Waals surface area contributed by atoms with Crippen LogP contribution >= 0.6 is 0 Å². The van der Waals surface area contributed by atoms with Gasteiger partial charge in [-0.25, -0.2) is 0 Å². The molecule has 2 heterocycles. The van der Waals surface area contributed by atoms with Gasteiger partial charge < -0.3 is 65.1 Å². The largest absolute Gasteiger partial charge is 0.394 e. The van der Waals surface area contributed by atoms with E-state index < -0.39 is 86.8 Å². The van der Waals surface area contributed by atoms with Gasteiger partial charge >= 0.3 is 0 Å². The maximum atomic E-state index is 13.4. The first-order valence-electron chi connectivity index (χ1n) is 36.8. The number of aliphatic hydroxyl groups is 8. The highest BCUT2D eigenvalue weighted by molar-refractivity contribution is 5.76. The highest BCUT2D eigenvalue weighted by atomic mass is 16.7. The molecule has 12 atom stereocenters. The average molecular weight is 1210 g/mol. The fraction of sp³-hybridized carbons (Fsp3) is 0.986. The zero-order valence-electron chi connectivity index (χ0n) is 55.1. The molecule has 14 heteroatoms. The Hall–Kier alpha value is -1.01. The van der Waals surface area contributed by atoms with Gasteiger partial charge in [0.25, 0.3) is 0 Å². The van der Waals surface area contributed by atoms with Crippen LogP contribution in [0.25, 0.3) is 0 Å². The van der Waals surface area contributed by atoms with Gasteiger partial charge in [0, 0.05) is 6.42 Å². The topological polar surface area (TPSA) is 228 Å². The molecule has 0 spiro atoms. The van der Waals surface area contributed by atoms with Crippen molar-refractivity contribution >= 4 is 5.91 Å². The highest BCUT2D eigenvalue weighted by Crippen LogP contribution is 2.30. The minimum Gasteiger partial charge on any atom is -0.394 e. The quantitative estimate of drug-likeness (QED) is 0.0259.